The maximum atomic E-state index is 11.7. The van der Waals surface area contributed by atoms with Crippen LogP contribution >= 0.6 is 0 Å². The Morgan fingerprint density at radius 1 is 1.28 bits per heavy atom. The Bertz CT molecular complexity index is 324. The van der Waals surface area contributed by atoms with Crippen molar-refractivity contribution in [2.45, 2.75) is 12.8 Å². The first kappa shape index (κ1) is 14.4. The van der Waals surface area contributed by atoms with Gasteiger partial charge >= 0.3 is 11.8 Å². The first-order chi connectivity index (χ1) is 8.60. The van der Waals surface area contributed by atoms with Crippen LogP contribution < -0.4 is 16.4 Å². The fraction of sp³-hybridized carbons (Fsp3) is 0.727. The molecule has 1 rings (SSSR count). The highest BCUT2D eigenvalue weighted by Gasteiger charge is 2.29. The summed E-state index contributed by atoms with van der Waals surface area (Å²) >= 11 is 0. The highest BCUT2D eigenvalue weighted by Crippen LogP contribution is 2.17. The maximum absolute atomic E-state index is 11.7. The van der Waals surface area contributed by atoms with Gasteiger partial charge in [-0.15, -0.1) is 0 Å². The standard InChI is InChI=1S/C11H20N4O3/c1-13-9(16)8-2-6-15(7-3-8)11(18)10(17)14-5-4-12/h8H,2-7,12H2,1H3,(H,13,16)(H,14,17). The molecule has 0 bridgehead atoms. The van der Waals surface area contributed by atoms with Gasteiger partial charge in [-0.3, -0.25) is 14.4 Å². The molecule has 7 heteroatoms. The van der Waals surface area contributed by atoms with Crippen LogP contribution in [-0.2, 0) is 14.4 Å². The molecule has 0 spiro atoms. The third-order valence-corrected chi connectivity index (χ3v) is 3.02. The van der Waals surface area contributed by atoms with Crippen molar-refractivity contribution in [3.8, 4) is 0 Å². The summed E-state index contributed by atoms with van der Waals surface area (Å²) in [5.41, 5.74) is 5.24. The maximum Gasteiger partial charge on any atom is 0.311 e. The number of hydrogen-bond donors (Lipinski definition) is 3. The van der Waals surface area contributed by atoms with Gasteiger partial charge in [0.05, 0.1) is 0 Å². The van der Waals surface area contributed by atoms with Crippen molar-refractivity contribution in [2.75, 3.05) is 33.2 Å². The molecule has 0 aliphatic carbocycles. The Labute approximate surface area is 106 Å². The van der Waals surface area contributed by atoms with E-state index in [-0.39, 0.29) is 11.8 Å². The third-order valence-electron chi connectivity index (χ3n) is 3.02. The van der Waals surface area contributed by atoms with Gasteiger partial charge in [-0.05, 0) is 12.8 Å². The summed E-state index contributed by atoms with van der Waals surface area (Å²) in [6.45, 7) is 1.47. The summed E-state index contributed by atoms with van der Waals surface area (Å²) < 4.78 is 0. The number of nitrogens with zero attached hydrogens (tertiary/aromatic N) is 1. The van der Waals surface area contributed by atoms with Crippen LogP contribution in [0.2, 0.25) is 0 Å². The number of carbonyl (C=O) groups is 3. The normalized spacial score (nSPS) is 16.2. The Hall–Kier alpha value is -1.63. The Morgan fingerprint density at radius 2 is 1.89 bits per heavy atom. The van der Waals surface area contributed by atoms with E-state index in [1.807, 2.05) is 0 Å². The predicted octanol–water partition coefficient (Wildman–Crippen LogP) is -1.95. The minimum atomic E-state index is -0.626. The third kappa shape index (κ3) is 3.69. The molecule has 4 N–H and O–H groups in total. The number of piperidine rings is 1. The van der Waals surface area contributed by atoms with Crippen LogP contribution in [0.3, 0.4) is 0 Å². The van der Waals surface area contributed by atoms with Gasteiger partial charge in [0.1, 0.15) is 0 Å². The number of hydrogen-bond acceptors (Lipinski definition) is 4. The Kier molecular flexibility index (Phi) is 5.57. The molecule has 0 aromatic heterocycles. The van der Waals surface area contributed by atoms with Crippen LogP contribution in [0.1, 0.15) is 12.8 Å². The van der Waals surface area contributed by atoms with Crippen LogP contribution in [0, 0.1) is 5.92 Å². The lowest BCUT2D eigenvalue weighted by Crippen LogP contribution is -2.48. The minimum absolute atomic E-state index is 0.00492. The first-order valence-electron chi connectivity index (χ1n) is 6.09. The molecular weight excluding hydrogens is 236 g/mol. The van der Waals surface area contributed by atoms with E-state index in [2.05, 4.69) is 10.6 Å². The van der Waals surface area contributed by atoms with Crippen molar-refractivity contribution in [1.82, 2.24) is 15.5 Å². The van der Waals surface area contributed by atoms with Gasteiger partial charge in [-0.1, -0.05) is 0 Å². The zero-order chi connectivity index (χ0) is 13.5. The predicted molar refractivity (Wildman–Crippen MR) is 65.4 cm³/mol. The first-order valence-corrected chi connectivity index (χ1v) is 6.09. The largest absolute Gasteiger partial charge is 0.359 e. The summed E-state index contributed by atoms with van der Waals surface area (Å²) in [6, 6.07) is 0. The molecule has 1 saturated heterocycles. The van der Waals surface area contributed by atoms with Gasteiger partial charge in [0.25, 0.3) is 0 Å². The fourth-order valence-corrected chi connectivity index (χ4v) is 1.95. The second-order valence-corrected chi connectivity index (χ2v) is 4.23. The molecular formula is C11H20N4O3. The second kappa shape index (κ2) is 6.95. The molecule has 0 unspecified atom stereocenters. The van der Waals surface area contributed by atoms with Crippen molar-refractivity contribution in [3.05, 3.63) is 0 Å². The van der Waals surface area contributed by atoms with E-state index in [0.29, 0.717) is 39.0 Å². The van der Waals surface area contributed by atoms with E-state index in [0.717, 1.165) is 0 Å². The summed E-state index contributed by atoms with van der Waals surface area (Å²) in [5, 5.41) is 5.03. The Morgan fingerprint density at radius 3 is 2.39 bits per heavy atom. The zero-order valence-corrected chi connectivity index (χ0v) is 10.6. The lowest BCUT2D eigenvalue weighted by molar-refractivity contribution is -0.147. The van der Waals surface area contributed by atoms with Crippen LogP contribution in [-0.4, -0.2) is 55.8 Å². The summed E-state index contributed by atoms with van der Waals surface area (Å²) in [4.78, 5) is 36.0. The van der Waals surface area contributed by atoms with Crippen LogP contribution in [0.5, 0.6) is 0 Å². The molecule has 0 atom stereocenters. The molecule has 0 radical (unpaired) electrons. The molecule has 0 saturated carbocycles. The molecule has 0 aromatic rings. The number of rotatable bonds is 3. The highest BCUT2D eigenvalue weighted by atomic mass is 16.2. The van der Waals surface area contributed by atoms with Crippen molar-refractivity contribution in [1.29, 1.82) is 0 Å². The number of likely N-dealkylation sites (tertiary alicyclic amines) is 1. The van der Waals surface area contributed by atoms with E-state index in [4.69, 9.17) is 5.73 Å². The molecule has 1 aliphatic heterocycles. The molecule has 18 heavy (non-hydrogen) atoms. The van der Waals surface area contributed by atoms with E-state index >= 15 is 0 Å². The monoisotopic (exact) mass is 256 g/mol. The fourth-order valence-electron chi connectivity index (χ4n) is 1.95. The molecule has 3 amide bonds. The van der Waals surface area contributed by atoms with E-state index in [1.165, 1.54) is 4.90 Å². The van der Waals surface area contributed by atoms with Crippen molar-refractivity contribution in [2.24, 2.45) is 11.7 Å². The summed E-state index contributed by atoms with van der Waals surface area (Å²) in [6.07, 6.45) is 1.19. The highest BCUT2D eigenvalue weighted by molar-refractivity contribution is 6.35. The smallest absolute Gasteiger partial charge is 0.311 e. The molecule has 7 nitrogen and oxygen atoms in total. The summed E-state index contributed by atoms with van der Waals surface area (Å²) in [7, 11) is 1.60. The number of amides is 3. The SMILES string of the molecule is CNC(=O)C1CCN(C(=O)C(=O)NCCN)CC1. The lowest BCUT2D eigenvalue weighted by Gasteiger charge is -2.30. The van der Waals surface area contributed by atoms with Gasteiger partial charge in [-0.2, -0.15) is 0 Å². The van der Waals surface area contributed by atoms with Crippen LogP contribution in [0.25, 0.3) is 0 Å². The van der Waals surface area contributed by atoms with E-state index in [1.54, 1.807) is 7.05 Å². The van der Waals surface area contributed by atoms with Crippen LogP contribution in [0.15, 0.2) is 0 Å². The van der Waals surface area contributed by atoms with Crippen molar-refractivity contribution < 1.29 is 14.4 Å². The van der Waals surface area contributed by atoms with Gasteiger partial charge in [0.2, 0.25) is 5.91 Å². The average Bonchev–Trinajstić information content (AvgIpc) is 2.43. The Balaban J connectivity index is 2.40. The molecule has 0 aromatic carbocycles. The number of carbonyl (C=O) groups excluding carboxylic acids is 3. The van der Waals surface area contributed by atoms with Gasteiger partial charge in [0.15, 0.2) is 0 Å². The minimum Gasteiger partial charge on any atom is -0.359 e. The molecule has 102 valence electrons. The van der Waals surface area contributed by atoms with E-state index in [9.17, 15) is 14.4 Å². The zero-order valence-electron chi connectivity index (χ0n) is 10.6. The quantitative estimate of drug-likeness (QED) is 0.510. The van der Waals surface area contributed by atoms with E-state index < -0.39 is 11.8 Å². The number of nitrogens with two attached hydrogens (primary N) is 1. The lowest BCUT2D eigenvalue weighted by atomic mass is 9.96. The van der Waals surface area contributed by atoms with Gasteiger partial charge in [0, 0.05) is 39.1 Å². The molecule has 1 fully saturated rings. The second-order valence-electron chi connectivity index (χ2n) is 4.23. The topological polar surface area (TPSA) is 105 Å². The summed E-state index contributed by atoms with van der Waals surface area (Å²) in [5.74, 6) is -1.24. The molecule has 1 heterocycles. The van der Waals surface area contributed by atoms with Crippen LogP contribution in [0.4, 0.5) is 0 Å². The van der Waals surface area contributed by atoms with Crippen molar-refractivity contribution in [3.63, 3.8) is 0 Å². The average molecular weight is 256 g/mol. The van der Waals surface area contributed by atoms with Gasteiger partial charge in [-0.25, -0.2) is 0 Å². The number of nitrogens with one attached hydrogen (secondary N) is 2. The van der Waals surface area contributed by atoms with Crippen molar-refractivity contribution >= 4 is 17.7 Å². The van der Waals surface area contributed by atoms with Gasteiger partial charge < -0.3 is 21.3 Å². The molecule has 1 aliphatic rings.